The van der Waals surface area contributed by atoms with Crippen molar-refractivity contribution in [3.05, 3.63) is 138 Å². The summed E-state index contributed by atoms with van der Waals surface area (Å²) >= 11 is 0. The third-order valence-electron chi connectivity index (χ3n) is 8.94. The lowest BCUT2D eigenvalue weighted by atomic mass is 9.76. The molecule has 1 amide bonds. The Balaban J connectivity index is 1.43. The van der Waals surface area contributed by atoms with Crippen molar-refractivity contribution in [1.82, 2.24) is 10.2 Å². The van der Waals surface area contributed by atoms with Crippen molar-refractivity contribution >= 4 is 17.4 Å². The van der Waals surface area contributed by atoms with Gasteiger partial charge in [-0.2, -0.15) is 13.2 Å². The summed E-state index contributed by atoms with van der Waals surface area (Å²) in [6.45, 7) is -0.0287. The minimum absolute atomic E-state index is 0.0143. The fourth-order valence-corrected chi connectivity index (χ4v) is 6.07. The highest BCUT2D eigenvalue weighted by Gasteiger charge is 2.60. The van der Waals surface area contributed by atoms with E-state index in [1.54, 1.807) is 60.7 Å². The maximum atomic E-state index is 15.1. The van der Waals surface area contributed by atoms with E-state index in [0.29, 0.717) is 28.2 Å². The van der Waals surface area contributed by atoms with Crippen LogP contribution < -0.4 is 14.8 Å². The highest BCUT2D eigenvalue weighted by molar-refractivity contribution is 5.92. The van der Waals surface area contributed by atoms with E-state index in [9.17, 15) is 14.7 Å². The van der Waals surface area contributed by atoms with Gasteiger partial charge < -0.3 is 24.8 Å². The number of hydrogen-bond acceptors (Lipinski definition) is 5. The monoisotopic (exact) mass is 684 g/mol. The summed E-state index contributed by atoms with van der Waals surface area (Å²) in [5.41, 5.74) is 1.49. The minimum atomic E-state index is -5.00. The molecule has 0 fully saturated rings. The van der Waals surface area contributed by atoms with Crippen LogP contribution in [0.5, 0.6) is 11.5 Å². The first kappa shape index (κ1) is 35.9. The second-order valence-electron chi connectivity index (χ2n) is 12.0. The fourth-order valence-electron chi connectivity index (χ4n) is 6.07. The largest absolute Gasteiger partial charge is 0.497 e. The van der Waals surface area contributed by atoms with E-state index in [1.165, 1.54) is 26.4 Å². The van der Waals surface area contributed by atoms with Crippen LogP contribution in [0, 0.1) is 5.41 Å². The minimum Gasteiger partial charge on any atom is -0.497 e. The van der Waals surface area contributed by atoms with Gasteiger partial charge in [0.1, 0.15) is 17.5 Å². The van der Waals surface area contributed by atoms with Crippen molar-refractivity contribution in [2.75, 3.05) is 27.3 Å². The van der Waals surface area contributed by atoms with Gasteiger partial charge in [-0.3, -0.25) is 4.79 Å². The Hall–Kier alpha value is -5.35. The number of halogens is 3. The number of methoxy groups -OCH3 is 2. The number of carboxylic acid groups (broad SMARTS) is 1. The number of carbonyl (C=O) groups is 2. The lowest BCUT2D eigenvalue weighted by Gasteiger charge is -2.40. The first-order valence-corrected chi connectivity index (χ1v) is 16.2. The van der Waals surface area contributed by atoms with Crippen LogP contribution in [0.15, 0.2) is 121 Å². The van der Waals surface area contributed by atoms with Crippen LogP contribution in [0.1, 0.15) is 23.1 Å². The normalized spacial score (nSPS) is 16.3. The van der Waals surface area contributed by atoms with Gasteiger partial charge in [0.2, 0.25) is 5.91 Å². The summed E-state index contributed by atoms with van der Waals surface area (Å²) in [5, 5.41) is 13.6. The molecule has 10 heteroatoms. The predicted octanol–water partition coefficient (Wildman–Crippen LogP) is 7.58. The highest BCUT2D eigenvalue weighted by atomic mass is 19.4. The van der Waals surface area contributed by atoms with Gasteiger partial charge in [-0.15, -0.1) is 0 Å². The molecule has 50 heavy (non-hydrogen) atoms. The summed E-state index contributed by atoms with van der Waals surface area (Å²) in [6, 6.07) is 29.3. The summed E-state index contributed by atoms with van der Waals surface area (Å²) in [6.07, 6.45) is -2.28. The van der Waals surface area contributed by atoms with Crippen LogP contribution in [-0.2, 0) is 22.6 Å². The number of benzene rings is 4. The summed E-state index contributed by atoms with van der Waals surface area (Å²) in [7, 11) is 3.04. The van der Waals surface area contributed by atoms with Crippen molar-refractivity contribution in [1.29, 1.82) is 0 Å². The molecule has 2 N–H and O–H groups in total. The molecule has 7 nitrogen and oxygen atoms in total. The van der Waals surface area contributed by atoms with E-state index in [2.05, 4.69) is 5.32 Å². The van der Waals surface area contributed by atoms with Crippen LogP contribution in [0.4, 0.5) is 13.2 Å². The second-order valence-corrected chi connectivity index (χ2v) is 12.0. The smallest absolute Gasteiger partial charge is 0.406 e. The Morgan fingerprint density at radius 3 is 2.08 bits per heavy atom. The third kappa shape index (κ3) is 8.09. The molecular formula is C40H39F3N2O5. The number of nitrogens with zero attached hydrogens (tertiary/aromatic N) is 1. The van der Waals surface area contributed by atoms with Crippen LogP contribution in [0.3, 0.4) is 0 Å². The van der Waals surface area contributed by atoms with Crippen LogP contribution in [-0.4, -0.2) is 61.4 Å². The van der Waals surface area contributed by atoms with Gasteiger partial charge in [-0.1, -0.05) is 109 Å². The summed E-state index contributed by atoms with van der Waals surface area (Å²) in [5.74, 6) is -1.59. The number of hydrogen-bond donors (Lipinski definition) is 2. The zero-order chi connectivity index (χ0) is 35.7. The molecule has 0 saturated heterocycles. The number of amides is 1. The molecule has 2 atom stereocenters. The molecule has 1 unspecified atom stereocenters. The Morgan fingerprint density at radius 2 is 1.52 bits per heavy atom. The van der Waals surface area contributed by atoms with Crippen molar-refractivity contribution in [3.63, 3.8) is 0 Å². The molecule has 0 spiro atoms. The lowest BCUT2D eigenvalue weighted by Crippen LogP contribution is -2.58. The first-order chi connectivity index (χ1) is 24.1. The molecule has 5 rings (SSSR count). The molecule has 0 aromatic heterocycles. The van der Waals surface area contributed by atoms with Crippen LogP contribution in [0.25, 0.3) is 16.7 Å². The molecule has 0 saturated carbocycles. The SMILES string of the molecule is COc1ccc(CNCCN(C(=O)C2(C(F)(F)F)C=CC(c3ccccc3)=CC2)[C@@H](Cc2ccc(-c3ccccc3)cc2)C(=O)O)c(OC)c1. The van der Waals surface area contributed by atoms with Gasteiger partial charge in [0.15, 0.2) is 5.41 Å². The zero-order valence-electron chi connectivity index (χ0n) is 27.8. The van der Waals surface area contributed by atoms with E-state index in [4.69, 9.17) is 9.47 Å². The fraction of sp³-hybridized carbons (Fsp3) is 0.250. The number of allylic oxidation sites excluding steroid dienone is 3. The number of rotatable bonds is 14. The highest BCUT2D eigenvalue weighted by Crippen LogP contribution is 2.48. The van der Waals surface area contributed by atoms with Crippen molar-refractivity contribution < 1.29 is 37.3 Å². The Bertz CT molecular complexity index is 1830. The van der Waals surface area contributed by atoms with Crippen molar-refractivity contribution in [2.45, 2.75) is 31.6 Å². The Morgan fingerprint density at radius 1 is 0.880 bits per heavy atom. The molecule has 0 radical (unpaired) electrons. The number of carbonyl (C=O) groups excluding carboxylic acids is 1. The number of alkyl halides is 3. The molecular weight excluding hydrogens is 645 g/mol. The van der Waals surface area contributed by atoms with Gasteiger partial charge >= 0.3 is 12.1 Å². The summed E-state index contributed by atoms with van der Waals surface area (Å²) < 4.78 is 55.9. The van der Waals surface area contributed by atoms with Crippen LogP contribution in [0.2, 0.25) is 0 Å². The number of ether oxygens (including phenoxy) is 2. The van der Waals surface area contributed by atoms with E-state index in [0.717, 1.165) is 27.7 Å². The Kier molecular flexibility index (Phi) is 11.4. The Labute approximate surface area is 289 Å². The van der Waals surface area contributed by atoms with E-state index >= 15 is 13.2 Å². The third-order valence-corrected chi connectivity index (χ3v) is 8.94. The molecule has 0 heterocycles. The van der Waals surface area contributed by atoms with E-state index in [1.807, 2.05) is 42.5 Å². The van der Waals surface area contributed by atoms with Gasteiger partial charge in [0.25, 0.3) is 0 Å². The van der Waals surface area contributed by atoms with Crippen LogP contribution >= 0.6 is 0 Å². The molecule has 1 aliphatic rings. The zero-order valence-corrected chi connectivity index (χ0v) is 27.8. The standard InChI is InChI=1S/C40H39F3N2O5/c1-49-34-18-17-33(36(26-34)50-2)27-44-23-24-45(35(37(46)47)25-28-13-15-31(16-14-28)29-9-5-3-6-10-29)38(48)39(40(41,42)43)21-19-32(20-22-39)30-11-7-4-8-12-30/h3-21,26,35,44H,22-25,27H2,1-2H3,(H,46,47)/t35-,39?/m0/s1. The van der Waals surface area contributed by atoms with Gasteiger partial charge in [0, 0.05) is 37.7 Å². The molecule has 4 aromatic carbocycles. The van der Waals surface area contributed by atoms with Gasteiger partial charge in [-0.25, -0.2) is 4.79 Å². The quantitative estimate of drug-likeness (QED) is 0.133. The summed E-state index contributed by atoms with van der Waals surface area (Å²) in [4.78, 5) is 28.0. The molecule has 1 aliphatic carbocycles. The van der Waals surface area contributed by atoms with Crippen molar-refractivity contribution in [3.8, 4) is 22.6 Å². The average molecular weight is 685 g/mol. The molecule has 260 valence electrons. The number of carboxylic acids is 1. The number of aliphatic carboxylic acids is 1. The second kappa shape index (κ2) is 15.9. The molecule has 4 aromatic rings. The topological polar surface area (TPSA) is 88.1 Å². The first-order valence-electron chi connectivity index (χ1n) is 16.2. The molecule has 0 aliphatic heterocycles. The predicted molar refractivity (Wildman–Crippen MR) is 187 cm³/mol. The lowest BCUT2D eigenvalue weighted by molar-refractivity contribution is -0.214. The van der Waals surface area contributed by atoms with Crippen molar-refractivity contribution in [2.24, 2.45) is 5.41 Å². The van der Waals surface area contributed by atoms with E-state index < -0.39 is 35.9 Å². The number of nitrogens with one attached hydrogen (secondary N) is 1. The van der Waals surface area contributed by atoms with Gasteiger partial charge in [-0.05, 0) is 40.3 Å². The maximum Gasteiger partial charge on any atom is 0.406 e. The van der Waals surface area contributed by atoms with E-state index in [-0.39, 0.29) is 26.1 Å². The molecule has 0 bridgehead atoms. The van der Waals surface area contributed by atoms with Gasteiger partial charge in [0.05, 0.1) is 14.2 Å². The maximum absolute atomic E-state index is 15.1. The average Bonchev–Trinajstić information content (AvgIpc) is 3.14.